The molecule has 2 aromatic carbocycles. The first-order chi connectivity index (χ1) is 9.36. The van der Waals surface area contributed by atoms with Gasteiger partial charge in [-0.3, -0.25) is 0 Å². The van der Waals surface area contributed by atoms with Crippen molar-refractivity contribution in [2.24, 2.45) is 0 Å². The summed E-state index contributed by atoms with van der Waals surface area (Å²) in [5, 5.41) is 0. The van der Waals surface area contributed by atoms with Gasteiger partial charge in [0.25, 0.3) is 0 Å². The van der Waals surface area contributed by atoms with E-state index in [1.165, 1.54) is 0 Å². The third-order valence-electron chi connectivity index (χ3n) is 2.81. The van der Waals surface area contributed by atoms with Gasteiger partial charge in [-0.2, -0.15) is 0 Å². The van der Waals surface area contributed by atoms with Crippen LogP contribution in [0.4, 0.5) is 17.3 Å². The molecule has 0 spiro atoms. The van der Waals surface area contributed by atoms with E-state index in [4.69, 9.17) is 4.74 Å². The quantitative estimate of drug-likeness (QED) is 0.613. The van der Waals surface area contributed by atoms with Crippen molar-refractivity contribution in [3.8, 4) is 5.75 Å². The molecule has 0 fully saturated rings. The first kappa shape index (κ1) is 14.4. The topological polar surface area (TPSA) is 9.23 Å². The predicted octanol–water partition coefficient (Wildman–Crippen LogP) is 3.77. The maximum atomic E-state index is 13.4. The molecule has 106 valence electrons. The van der Waals surface area contributed by atoms with Gasteiger partial charge < -0.3 is 17.7 Å². The van der Waals surface area contributed by atoms with Gasteiger partial charge in [-0.15, -0.1) is 0 Å². The van der Waals surface area contributed by atoms with Crippen LogP contribution in [-0.2, 0) is 6.61 Å². The second kappa shape index (κ2) is 5.57. The van der Waals surface area contributed by atoms with Crippen molar-refractivity contribution < 1.29 is 22.1 Å². The molecule has 2 aromatic rings. The zero-order chi connectivity index (χ0) is 14.8. The molecule has 0 radical (unpaired) electrons. The summed E-state index contributed by atoms with van der Waals surface area (Å²) >= 11 is 0. The highest BCUT2D eigenvalue weighted by Gasteiger charge is 2.28. The molecule has 0 aliphatic carbocycles. The lowest BCUT2D eigenvalue weighted by molar-refractivity contribution is 0.304. The molecular weight excluding hydrogens is 271 g/mol. The Morgan fingerprint density at radius 3 is 2.40 bits per heavy atom. The molecule has 20 heavy (non-hydrogen) atoms. The Balaban J connectivity index is 2.10. The van der Waals surface area contributed by atoms with Crippen LogP contribution in [0.2, 0.25) is 0 Å². The first-order valence-corrected chi connectivity index (χ1v) is 6.04. The number of ether oxygens (including phenoxy) is 1. The van der Waals surface area contributed by atoms with Crippen LogP contribution in [0.25, 0.3) is 0 Å². The summed E-state index contributed by atoms with van der Waals surface area (Å²) in [7, 11) is 0. The summed E-state index contributed by atoms with van der Waals surface area (Å²) in [5.41, 5.74) is 0.690. The maximum absolute atomic E-state index is 13.4. The SMILES string of the molecule is Cc1cccc(COc2ccc([B-](F)(F)F)c(F)c2)c1. The molecule has 2 rings (SSSR count). The molecule has 0 N–H and O–H groups in total. The van der Waals surface area contributed by atoms with Crippen LogP contribution in [0.5, 0.6) is 5.75 Å². The number of halogens is 4. The smallest absolute Gasteiger partial charge is 0.489 e. The van der Waals surface area contributed by atoms with Crippen molar-refractivity contribution >= 4 is 12.4 Å². The number of benzene rings is 2. The Kier molecular flexibility index (Phi) is 4.02. The van der Waals surface area contributed by atoms with E-state index in [2.05, 4.69) is 0 Å². The van der Waals surface area contributed by atoms with Gasteiger partial charge in [0, 0.05) is 6.07 Å². The molecule has 0 bridgehead atoms. The van der Waals surface area contributed by atoms with Gasteiger partial charge in [0.15, 0.2) is 0 Å². The average Bonchev–Trinajstić information content (AvgIpc) is 2.35. The summed E-state index contributed by atoms with van der Waals surface area (Å²) < 4.78 is 56.0. The molecule has 0 heterocycles. The zero-order valence-corrected chi connectivity index (χ0v) is 10.7. The van der Waals surface area contributed by atoms with Crippen molar-refractivity contribution in [1.82, 2.24) is 0 Å². The van der Waals surface area contributed by atoms with E-state index in [0.29, 0.717) is 6.07 Å². The number of hydrogen-bond acceptors (Lipinski definition) is 1. The fourth-order valence-electron chi connectivity index (χ4n) is 1.83. The summed E-state index contributed by atoms with van der Waals surface area (Å²) in [6.07, 6.45) is 0. The van der Waals surface area contributed by atoms with E-state index in [0.717, 1.165) is 23.3 Å². The molecule has 6 heteroatoms. The largest absolute Gasteiger partial charge is 0.512 e. The maximum Gasteiger partial charge on any atom is 0.512 e. The van der Waals surface area contributed by atoms with Crippen molar-refractivity contribution in [3.63, 3.8) is 0 Å². The molecule has 0 amide bonds. The van der Waals surface area contributed by atoms with Crippen LogP contribution >= 0.6 is 0 Å². The second-order valence-electron chi connectivity index (χ2n) is 4.54. The number of rotatable bonds is 4. The van der Waals surface area contributed by atoms with Crippen molar-refractivity contribution in [3.05, 3.63) is 59.4 Å². The minimum absolute atomic E-state index is 0.0767. The van der Waals surface area contributed by atoms with Crippen LogP contribution in [0.15, 0.2) is 42.5 Å². The third kappa shape index (κ3) is 3.53. The highest BCUT2D eigenvalue weighted by Crippen LogP contribution is 2.18. The van der Waals surface area contributed by atoms with E-state index in [1.54, 1.807) is 0 Å². The Morgan fingerprint density at radius 2 is 1.80 bits per heavy atom. The van der Waals surface area contributed by atoms with Gasteiger partial charge in [0.05, 0.1) is 5.82 Å². The summed E-state index contributed by atoms with van der Waals surface area (Å²) in [6.45, 7) is -3.24. The van der Waals surface area contributed by atoms with E-state index >= 15 is 0 Å². The molecule has 0 atom stereocenters. The highest BCUT2D eigenvalue weighted by atomic mass is 19.4. The summed E-state index contributed by atoms with van der Waals surface area (Å²) in [6, 6.07) is 10.1. The Bertz CT molecular complexity index is 610. The highest BCUT2D eigenvalue weighted by molar-refractivity contribution is 6.73. The molecule has 0 unspecified atom stereocenters. The molecule has 0 aliphatic rings. The van der Waals surface area contributed by atoms with Gasteiger partial charge in [0.2, 0.25) is 0 Å². The van der Waals surface area contributed by atoms with Crippen LogP contribution in [0.1, 0.15) is 11.1 Å². The molecule has 0 saturated heterocycles. The molecule has 0 saturated carbocycles. The summed E-state index contributed by atoms with van der Waals surface area (Å²) in [5.74, 6) is -1.23. The van der Waals surface area contributed by atoms with Crippen LogP contribution in [0.3, 0.4) is 0 Å². The number of hydrogen-bond donors (Lipinski definition) is 0. The van der Waals surface area contributed by atoms with Gasteiger partial charge >= 0.3 is 6.98 Å². The fraction of sp³-hybridized carbons (Fsp3) is 0.143. The van der Waals surface area contributed by atoms with Crippen LogP contribution in [-0.4, -0.2) is 6.98 Å². The Labute approximate surface area is 114 Å². The standard InChI is InChI=1S/C14H12BF4O/c1-10-3-2-4-11(7-10)9-20-12-5-6-13(14(16)8-12)15(17,18)19/h2-8H,9H2,1H3/q-1. The predicted molar refractivity (Wildman–Crippen MR) is 70.6 cm³/mol. The molecule has 0 aromatic heterocycles. The van der Waals surface area contributed by atoms with E-state index < -0.39 is 18.3 Å². The lowest BCUT2D eigenvalue weighted by Gasteiger charge is -2.16. The van der Waals surface area contributed by atoms with E-state index in [1.807, 2.05) is 31.2 Å². The number of aryl methyl sites for hydroxylation is 1. The van der Waals surface area contributed by atoms with E-state index in [9.17, 15) is 17.3 Å². The lowest BCUT2D eigenvalue weighted by Crippen LogP contribution is -2.36. The molecular formula is C14H12BF4O-. The zero-order valence-electron chi connectivity index (χ0n) is 10.7. The molecule has 0 aliphatic heterocycles. The van der Waals surface area contributed by atoms with Crippen molar-refractivity contribution in [2.75, 3.05) is 0 Å². The third-order valence-corrected chi connectivity index (χ3v) is 2.81. The van der Waals surface area contributed by atoms with Crippen LogP contribution in [0, 0.1) is 12.7 Å². The summed E-state index contributed by atoms with van der Waals surface area (Å²) in [4.78, 5) is 0. The fourth-order valence-corrected chi connectivity index (χ4v) is 1.83. The Hall–Kier alpha value is -1.98. The minimum atomic E-state index is -5.34. The second-order valence-corrected chi connectivity index (χ2v) is 4.54. The van der Waals surface area contributed by atoms with Crippen LogP contribution < -0.4 is 10.2 Å². The van der Waals surface area contributed by atoms with Crippen molar-refractivity contribution in [2.45, 2.75) is 13.5 Å². The minimum Gasteiger partial charge on any atom is -0.489 e. The van der Waals surface area contributed by atoms with Gasteiger partial charge in [-0.05, 0) is 18.6 Å². The Morgan fingerprint density at radius 1 is 1.05 bits per heavy atom. The average molecular weight is 283 g/mol. The lowest BCUT2D eigenvalue weighted by atomic mass is 9.80. The van der Waals surface area contributed by atoms with Gasteiger partial charge in [0.1, 0.15) is 12.4 Å². The van der Waals surface area contributed by atoms with Gasteiger partial charge in [-0.25, -0.2) is 4.39 Å². The molecule has 1 nitrogen and oxygen atoms in total. The monoisotopic (exact) mass is 283 g/mol. The van der Waals surface area contributed by atoms with E-state index in [-0.39, 0.29) is 12.4 Å². The van der Waals surface area contributed by atoms with Crippen molar-refractivity contribution in [1.29, 1.82) is 0 Å². The normalized spacial score (nSPS) is 11.4. The van der Waals surface area contributed by atoms with Gasteiger partial charge in [-0.1, -0.05) is 41.4 Å². The first-order valence-electron chi connectivity index (χ1n) is 6.04.